The first-order valence-electron chi connectivity index (χ1n) is 5.54. The van der Waals surface area contributed by atoms with E-state index in [1.807, 2.05) is 12.1 Å². The molecule has 0 atom stereocenters. The van der Waals surface area contributed by atoms with Gasteiger partial charge in [-0.3, -0.25) is 4.79 Å². The van der Waals surface area contributed by atoms with Crippen molar-refractivity contribution in [3.05, 3.63) is 29.3 Å². The van der Waals surface area contributed by atoms with Crippen molar-refractivity contribution in [1.82, 2.24) is 0 Å². The fourth-order valence-corrected chi connectivity index (χ4v) is 1.94. The molecule has 0 saturated heterocycles. The average Bonchev–Trinajstić information content (AvgIpc) is 2.30. The van der Waals surface area contributed by atoms with Gasteiger partial charge in [-0.1, -0.05) is 0 Å². The molecule has 1 aromatic rings. The van der Waals surface area contributed by atoms with Gasteiger partial charge in [-0.25, -0.2) is 0 Å². The van der Waals surface area contributed by atoms with Crippen LogP contribution in [0.3, 0.4) is 0 Å². The Labute approximate surface area is 94.4 Å². The van der Waals surface area contributed by atoms with Crippen LogP contribution < -0.4 is 4.74 Å². The highest BCUT2D eigenvalue weighted by atomic mass is 16.5. The van der Waals surface area contributed by atoms with E-state index in [9.17, 15) is 9.59 Å². The van der Waals surface area contributed by atoms with E-state index in [1.165, 1.54) is 0 Å². The van der Waals surface area contributed by atoms with Gasteiger partial charge in [0.15, 0.2) is 5.78 Å². The number of ketones is 1. The zero-order chi connectivity index (χ0) is 11.4. The fourth-order valence-electron chi connectivity index (χ4n) is 1.94. The van der Waals surface area contributed by atoms with E-state index in [-0.39, 0.29) is 5.78 Å². The van der Waals surface area contributed by atoms with Crippen molar-refractivity contribution in [3.8, 4) is 5.75 Å². The third kappa shape index (κ3) is 2.30. The van der Waals surface area contributed by atoms with Crippen LogP contribution in [0, 0.1) is 0 Å². The molecule has 0 heterocycles. The number of carbonyl (C=O) groups is 2. The first-order chi connectivity index (χ1) is 7.81. The predicted molar refractivity (Wildman–Crippen MR) is 59.9 cm³/mol. The summed E-state index contributed by atoms with van der Waals surface area (Å²) < 4.78 is 5.41. The van der Waals surface area contributed by atoms with Crippen molar-refractivity contribution in [1.29, 1.82) is 0 Å². The molecule has 1 aromatic carbocycles. The number of rotatable bonds is 4. The Morgan fingerprint density at radius 2 is 2.19 bits per heavy atom. The summed E-state index contributed by atoms with van der Waals surface area (Å²) in [4.78, 5) is 21.7. The fraction of sp³-hybridized carbons (Fsp3) is 0.385. The van der Waals surface area contributed by atoms with Gasteiger partial charge in [-0.15, -0.1) is 0 Å². The molecule has 0 fully saturated rings. The summed E-state index contributed by atoms with van der Waals surface area (Å²) in [7, 11) is 0. The standard InChI is InChI=1S/C13H14O3/c14-7-2-8-16-11-5-6-12-10(9-11)3-1-4-13(12)15/h5-7,9H,1-4,8H2. The third-order valence-electron chi connectivity index (χ3n) is 2.73. The highest BCUT2D eigenvalue weighted by Crippen LogP contribution is 2.25. The minimum absolute atomic E-state index is 0.223. The van der Waals surface area contributed by atoms with E-state index in [4.69, 9.17) is 4.74 Å². The van der Waals surface area contributed by atoms with E-state index >= 15 is 0 Å². The molecule has 1 aliphatic carbocycles. The molecule has 0 aliphatic heterocycles. The van der Waals surface area contributed by atoms with E-state index in [1.54, 1.807) is 6.07 Å². The second-order valence-electron chi connectivity index (χ2n) is 3.90. The number of fused-ring (bicyclic) bond motifs is 1. The summed E-state index contributed by atoms with van der Waals surface area (Å²) in [6, 6.07) is 5.54. The summed E-state index contributed by atoms with van der Waals surface area (Å²) in [6.07, 6.45) is 3.74. The maximum atomic E-state index is 11.6. The molecule has 0 spiro atoms. The normalized spacial score (nSPS) is 14.4. The van der Waals surface area contributed by atoms with Crippen LogP contribution in [-0.4, -0.2) is 18.7 Å². The van der Waals surface area contributed by atoms with Crippen LogP contribution in [0.15, 0.2) is 18.2 Å². The summed E-state index contributed by atoms with van der Waals surface area (Å²) >= 11 is 0. The molecule has 3 heteroatoms. The molecule has 0 radical (unpaired) electrons. The topological polar surface area (TPSA) is 43.4 Å². The summed E-state index contributed by atoms with van der Waals surface area (Å²) in [6.45, 7) is 0.399. The molecule has 0 N–H and O–H groups in total. The van der Waals surface area contributed by atoms with Gasteiger partial charge >= 0.3 is 0 Å². The lowest BCUT2D eigenvalue weighted by Gasteiger charge is -2.15. The molecular formula is C13H14O3. The molecule has 0 unspecified atom stereocenters. The number of carbonyl (C=O) groups excluding carboxylic acids is 2. The Balaban J connectivity index is 2.12. The molecular weight excluding hydrogens is 204 g/mol. The first kappa shape index (κ1) is 10.9. The van der Waals surface area contributed by atoms with Gasteiger partial charge in [0.1, 0.15) is 12.0 Å². The summed E-state index contributed by atoms with van der Waals surface area (Å²) in [5.74, 6) is 0.969. The van der Waals surface area contributed by atoms with Crippen LogP contribution in [-0.2, 0) is 11.2 Å². The average molecular weight is 218 g/mol. The smallest absolute Gasteiger partial charge is 0.163 e. The van der Waals surface area contributed by atoms with Gasteiger partial charge in [-0.2, -0.15) is 0 Å². The Morgan fingerprint density at radius 3 is 3.00 bits per heavy atom. The zero-order valence-corrected chi connectivity index (χ0v) is 9.07. The van der Waals surface area contributed by atoms with Gasteiger partial charge in [0.05, 0.1) is 6.61 Å². The number of benzene rings is 1. The first-order valence-corrected chi connectivity index (χ1v) is 5.54. The number of ether oxygens (including phenoxy) is 1. The van der Waals surface area contributed by atoms with E-state index < -0.39 is 0 Å². The highest BCUT2D eigenvalue weighted by molar-refractivity contribution is 5.98. The van der Waals surface area contributed by atoms with Crippen LogP contribution in [0.5, 0.6) is 5.75 Å². The minimum atomic E-state index is 0.223. The Hall–Kier alpha value is -1.64. The van der Waals surface area contributed by atoms with Crippen molar-refractivity contribution in [2.75, 3.05) is 6.61 Å². The van der Waals surface area contributed by atoms with Crippen LogP contribution in [0.2, 0.25) is 0 Å². The van der Waals surface area contributed by atoms with Gasteiger partial charge in [0.25, 0.3) is 0 Å². The number of aryl methyl sites for hydroxylation is 1. The molecule has 0 saturated carbocycles. The van der Waals surface area contributed by atoms with Gasteiger partial charge in [0, 0.05) is 18.4 Å². The number of Topliss-reactive ketones (excluding diaryl/α,β-unsaturated/α-hetero) is 1. The second kappa shape index (κ2) is 4.92. The monoisotopic (exact) mass is 218 g/mol. The van der Waals surface area contributed by atoms with Crippen LogP contribution in [0.4, 0.5) is 0 Å². The minimum Gasteiger partial charge on any atom is -0.493 e. The number of aldehydes is 1. The van der Waals surface area contributed by atoms with Crippen molar-refractivity contribution < 1.29 is 14.3 Å². The molecule has 0 bridgehead atoms. The molecule has 84 valence electrons. The molecule has 2 rings (SSSR count). The van der Waals surface area contributed by atoms with Gasteiger partial charge in [-0.05, 0) is 36.6 Å². The van der Waals surface area contributed by atoms with Crippen molar-refractivity contribution in [3.63, 3.8) is 0 Å². The molecule has 1 aliphatic rings. The Kier molecular flexibility index (Phi) is 3.34. The van der Waals surface area contributed by atoms with E-state index in [0.29, 0.717) is 19.4 Å². The lowest BCUT2D eigenvalue weighted by atomic mass is 9.91. The molecule has 16 heavy (non-hydrogen) atoms. The maximum Gasteiger partial charge on any atom is 0.163 e. The Bertz CT molecular complexity index is 410. The number of hydrogen-bond acceptors (Lipinski definition) is 3. The Morgan fingerprint density at radius 1 is 1.31 bits per heavy atom. The molecule has 0 amide bonds. The summed E-state index contributed by atoms with van der Waals surface area (Å²) in [5.41, 5.74) is 1.90. The molecule has 0 aromatic heterocycles. The summed E-state index contributed by atoms with van der Waals surface area (Å²) in [5, 5.41) is 0. The lowest BCUT2D eigenvalue weighted by molar-refractivity contribution is -0.108. The number of hydrogen-bond donors (Lipinski definition) is 0. The quantitative estimate of drug-likeness (QED) is 0.574. The second-order valence-corrected chi connectivity index (χ2v) is 3.90. The van der Waals surface area contributed by atoms with Crippen LogP contribution in [0.1, 0.15) is 35.2 Å². The van der Waals surface area contributed by atoms with E-state index in [2.05, 4.69) is 0 Å². The highest BCUT2D eigenvalue weighted by Gasteiger charge is 2.17. The van der Waals surface area contributed by atoms with E-state index in [0.717, 1.165) is 36.0 Å². The predicted octanol–water partition coefficient (Wildman–Crippen LogP) is 2.17. The van der Waals surface area contributed by atoms with Gasteiger partial charge in [0.2, 0.25) is 0 Å². The molecule has 3 nitrogen and oxygen atoms in total. The van der Waals surface area contributed by atoms with Crippen molar-refractivity contribution in [2.24, 2.45) is 0 Å². The SMILES string of the molecule is O=CCCOc1ccc2c(c1)CCCC2=O. The zero-order valence-electron chi connectivity index (χ0n) is 9.07. The largest absolute Gasteiger partial charge is 0.493 e. The van der Waals surface area contributed by atoms with Crippen molar-refractivity contribution >= 4 is 12.1 Å². The third-order valence-corrected chi connectivity index (χ3v) is 2.73. The van der Waals surface area contributed by atoms with Crippen LogP contribution in [0.25, 0.3) is 0 Å². The van der Waals surface area contributed by atoms with Crippen molar-refractivity contribution in [2.45, 2.75) is 25.7 Å². The maximum absolute atomic E-state index is 11.6. The lowest BCUT2D eigenvalue weighted by Crippen LogP contribution is -2.10. The van der Waals surface area contributed by atoms with Gasteiger partial charge < -0.3 is 9.53 Å². The van der Waals surface area contributed by atoms with Crippen LogP contribution >= 0.6 is 0 Å².